The van der Waals surface area contributed by atoms with Gasteiger partial charge in [-0.2, -0.15) is 0 Å². The Bertz CT molecular complexity index is 912. The molecule has 3 heterocycles. The zero-order chi connectivity index (χ0) is 21.8. The topological polar surface area (TPSA) is 58.6 Å². The van der Waals surface area contributed by atoms with Crippen LogP contribution in [0.15, 0.2) is 6.07 Å². The lowest BCUT2D eigenvalue weighted by Gasteiger charge is -2.49. The van der Waals surface area contributed by atoms with Gasteiger partial charge in [0.2, 0.25) is 16.4 Å². The number of rotatable bonds is 7. The Morgan fingerprint density at radius 1 is 1.35 bits per heavy atom. The number of likely N-dealkylation sites (tertiary alicyclic amines) is 1. The van der Waals surface area contributed by atoms with Crippen molar-refractivity contribution >= 4 is 21.4 Å². The maximum Gasteiger partial charge on any atom is 0.243 e. The molecule has 31 heavy (non-hydrogen) atoms. The predicted molar refractivity (Wildman–Crippen MR) is 117 cm³/mol. The Labute approximate surface area is 187 Å². The van der Waals surface area contributed by atoms with Crippen LogP contribution in [-0.4, -0.2) is 56.8 Å². The van der Waals surface area contributed by atoms with Gasteiger partial charge in [0.15, 0.2) is 0 Å². The van der Waals surface area contributed by atoms with Crippen molar-refractivity contribution in [1.29, 1.82) is 0 Å². The second-order valence-electron chi connectivity index (χ2n) is 9.95. The Balaban J connectivity index is 1.17. The summed E-state index contributed by atoms with van der Waals surface area (Å²) in [5.41, 5.74) is 0.883. The number of ether oxygens (including phenoxy) is 1. The highest BCUT2D eigenvalue weighted by atomic mass is 32.2. The van der Waals surface area contributed by atoms with Crippen molar-refractivity contribution in [3.05, 3.63) is 21.4 Å². The van der Waals surface area contributed by atoms with E-state index in [9.17, 15) is 17.2 Å². The molecule has 4 aliphatic rings. The second-order valence-corrected chi connectivity index (χ2v) is 13.1. The summed E-state index contributed by atoms with van der Waals surface area (Å²) in [6.45, 7) is 4.82. The number of sulfonamides is 1. The number of hydrogen-bond donors (Lipinski definition) is 1. The molecule has 0 aromatic carbocycles. The van der Waals surface area contributed by atoms with Crippen molar-refractivity contribution in [3.8, 4) is 0 Å². The minimum atomic E-state index is -3.09. The highest BCUT2D eigenvalue weighted by Crippen LogP contribution is 2.47. The summed E-state index contributed by atoms with van der Waals surface area (Å²) < 4.78 is 59.2. The van der Waals surface area contributed by atoms with Gasteiger partial charge in [0.25, 0.3) is 0 Å². The quantitative estimate of drug-likeness (QED) is 0.655. The summed E-state index contributed by atoms with van der Waals surface area (Å²) in [6.07, 6.45) is 3.57. The lowest BCUT2D eigenvalue weighted by atomic mass is 9.78. The van der Waals surface area contributed by atoms with Gasteiger partial charge in [-0.1, -0.05) is 0 Å². The molecular formula is C22H32F2N2O3S2. The molecule has 2 aliphatic heterocycles. The van der Waals surface area contributed by atoms with E-state index in [1.165, 1.54) is 21.8 Å². The summed E-state index contributed by atoms with van der Waals surface area (Å²) in [5, 5.41) is -0.149. The fourth-order valence-corrected chi connectivity index (χ4v) is 8.61. The van der Waals surface area contributed by atoms with E-state index < -0.39 is 16.4 Å². The Morgan fingerprint density at radius 2 is 2.13 bits per heavy atom. The molecule has 1 spiro atoms. The highest BCUT2D eigenvalue weighted by Gasteiger charge is 2.46. The van der Waals surface area contributed by atoms with Crippen LogP contribution in [0, 0.1) is 5.92 Å². The van der Waals surface area contributed by atoms with Crippen molar-refractivity contribution in [2.75, 3.05) is 19.7 Å². The number of nitrogens with zero attached hydrogens (tertiary/aromatic N) is 1. The van der Waals surface area contributed by atoms with Gasteiger partial charge in [-0.3, -0.25) is 0 Å². The molecule has 1 saturated heterocycles. The van der Waals surface area contributed by atoms with E-state index in [0.717, 1.165) is 62.9 Å². The first kappa shape index (κ1) is 22.2. The average Bonchev–Trinajstić information content (AvgIpc) is 3.44. The van der Waals surface area contributed by atoms with Crippen LogP contribution in [0.25, 0.3) is 0 Å². The molecule has 2 aliphatic carbocycles. The molecule has 1 aromatic rings. The largest absolute Gasteiger partial charge is 0.369 e. The van der Waals surface area contributed by atoms with Crippen LogP contribution in [0.5, 0.6) is 0 Å². The molecule has 1 N–H and O–H groups in total. The van der Waals surface area contributed by atoms with Crippen LogP contribution < -0.4 is 4.72 Å². The zero-order valence-corrected chi connectivity index (χ0v) is 19.6. The van der Waals surface area contributed by atoms with Gasteiger partial charge in [0.05, 0.1) is 11.9 Å². The fourth-order valence-electron chi connectivity index (χ4n) is 5.61. The molecule has 9 heteroatoms. The summed E-state index contributed by atoms with van der Waals surface area (Å²) in [5.74, 6) is 0.533. The van der Waals surface area contributed by atoms with Gasteiger partial charge in [-0.25, -0.2) is 21.9 Å². The summed E-state index contributed by atoms with van der Waals surface area (Å²) in [6, 6.07) is 2.43. The van der Waals surface area contributed by atoms with Crippen LogP contribution in [0.4, 0.5) is 8.78 Å². The summed E-state index contributed by atoms with van der Waals surface area (Å²) >= 11 is 1.53. The molecule has 1 aromatic heterocycles. The Hall–Kier alpha value is -0.610. The van der Waals surface area contributed by atoms with E-state index >= 15 is 0 Å². The molecule has 5 nitrogen and oxygen atoms in total. The van der Waals surface area contributed by atoms with Gasteiger partial charge in [-0.15, -0.1) is 11.3 Å². The van der Waals surface area contributed by atoms with E-state index in [1.807, 2.05) is 6.07 Å². The van der Waals surface area contributed by atoms with E-state index in [4.69, 9.17) is 4.74 Å². The molecule has 0 unspecified atom stereocenters. The number of piperidine rings is 1. The first-order valence-electron chi connectivity index (χ1n) is 11.5. The molecule has 0 amide bonds. The number of hydrogen-bond acceptors (Lipinski definition) is 5. The van der Waals surface area contributed by atoms with E-state index in [0.29, 0.717) is 18.6 Å². The van der Waals surface area contributed by atoms with Crippen LogP contribution >= 0.6 is 11.3 Å². The van der Waals surface area contributed by atoms with E-state index in [1.54, 1.807) is 0 Å². The molecule has 3 fully saturated rings. The number of nitrogens with one attached hydrogen (secondary N) is 1. The monoisotopic (exact) mass is 474 g/mol. The predicted octanol–water partition coefficient (Wildman–Crippen LogP) is 3.67. The van der Waals surface area contributed by atoms with E-state index in [2.05, 4.69) is 16.5 Å². The fraction of sp³-hybridized carbons (Fsp3) is 0.818. The Morgan fingerprint density at radius 3 is 2.81 bits per heavy atom. The number of fused-ring (bicyclic) bond motifs is 2. The van der Waals surface area contributed by atoms with Gasteiger partial charge >= 0.3 is 0 Å². The standard InChI is InChI=1S/C22H32F2N2O3S2/c1-14-12-22(21-16(4-7-29-22)10-18(30-21)11-20(23)24)5-6-26(14)13-15-8-17(9-15)25-31(27,28)19-2-3-19/h10,14-15,17,19-20,25H,2-9,11-13H2,1H3/t14-,15?,17?,22+/m0/s1. The van der Waals surface area contributed by atoms with Gasteiger partial charge in [0.1, 0.15) is 5.60 Å². The lowest BCUT2D eigenvalue weighted by Crippen LogP contribution is -2.54. The summed E-state index contributed by atoms with van der Waals surface area (Å²) in [4.78, 5) is 4.46. The molecule has 0 bridgehead atoms. The van der Waals surface area contributed by atoms with Crippen molar-refractivity contribution in [3.63, 3.8) is 0 Å². The number of halogens is 2. The van der Waals surface area contributed by atoms with Crippen molar-refractivity contribution in [2.45, 2.75) is 87.7 Å². The smallest absolute Gasteiger partial charge is 0.243 e. The van der Waals surface area contributed by atoms with Crippen LogP contribution in [0.1, 0.15) is 60.8 Å². The third-order valence-electron chi connectivity index (χ3n) is 7.45. The molecule has 174 valence electrons. The molecule has 2 atom stereocenters. The van der Waals surface area contributed by atoms with Crippen molar-refractivity contribution in [2.24, 2.45) is 5.92 Å². The van der Waals surface area contributed by atoms with Crippen LogP contribution in [-0.2, 0) is 33.2 Å². The Kier molecular flexibility index (Phi) is 5.95. The number of alkyl halides is 2. The SMILES string of the molecule is C[C@H]1C[C@@]2(CCN1CC1CC(NS(=O)(=O)C3CC3)C1)OCCc1cc(CC(F)F)sc12. The van der Waals surface area contributed by atoms with Crippen molar-refractivity contribution in [1.82, 2.24) is 9.62 Å². The minimum absolute atomic E-state index is 0.102. The molecule has 5 rings (SSSR count). The summed E-state index contributed by atoms with van der Waals surface area (Å²) in [7, 11) is -3.09. The maximum atomic E-state index is 12.9. The average molecular weight is 475 g/mol. The third-order valence-corrected chi connectivity index (χ3v) is 10.8. The molecular weight excluding hydrogens is 442 g/mol. The van der Waals surface area contributed by atoms with Crippen LogP contribution in [0.3, 0.4) is 0 Å². The zero-order valence-electron chi connectivity index (χ0n) is 18.0. The van der Waals surface area contributed by atoms with Crippen molar-refractivity contribution < 1.29 is 21.9 Å². The minimum Gasteiger partial charge on any atom is -0.369 e. The second kappa shape index (κ2) is 8.31. The first-order chi connectivity index (χ1) is 14.7. The first-order valence-corrected chi connectivity index (χ1v) is 13.9. The van der Waals surface area contributed by atoms with E-state index in [-0.39, 0.29) is 23.3 Å². The van der Waals surface area contributed by atoms with Gasteiger partial charge < -0.3 is 9.64 Å². The third kappa shape index (κ3) is 4.58. The lowest BCUT2D eigenvalue weighted by molar-refractivity contribution is -0.112. The maximum absolute atomic E-state index is 12.9. The molecule has 2 saturated carbocycles. The highest BCUT2D eigenvalue weighted by molar-refractivity contribution is 7.90. The number of thiophene rings is 1. The normalized spacial score (nSPS) is 34.1. The van der Waals surface area contributed by atoms with Gasteiger partial charge in [0, 0.05) is 41.3 Å². The van der Waals surface area contributed by atoms with Crippen LogP contribution in [0.2, 0.25) is 0 Å². The van der Waals surface area contributed by atoms with Gasteiger partial charge in [-0.05, 0) is 69.4 Å². The molecule has 0 radical (unpaired) electrons.